The highest BCUT2D eigenvalue weighted by atomic mass is 32.2. The fraction of sp³-hybridized carbons (Fsp3) is 0.125. The molecule has 4 aromatic rings. The first kappa shape index (κ1) is 20.3. The van der Waals surface area contributed by atoms with E-state index in [0.717, 1.165) is 15.5 Å². The van der Waals surface area contributed by atoms with Crippen molar-refractivity contribution < 1.29 is 18.7 Å². The summed E-state index contributed by atoms with van der Waals surface area (Å²) in [7, 11) is 1.61. The van der Waals surface area contributed by atoms with Gasteiger partial charge in [-0.1, -0.05) is 23.9 Å². The van der Waals surface area contributed by atoms with Gasteiger partial charge in [0.1, 0.15) is 5.52 Å². The van der Waals surface area contributed by atoms with Crippen LogP contribution in [0.5, 0.6) is 0 Å². The number of hydrogen-bond acceptors (Lipinski definition) is 6. The van der Waals surface area contributed by atoms with E-state index in [1.54, 1.807) is 36.3 Å². The van der Waals surface area contributed by atoms with E-state index in [-0.39, 0.29) is 11.8 Å². The van der Waals surface area contributed by atoms with Gasteiger partial charge in [-0.05, 0) is 48.5 Å². The van der Waals surface area contributed by atoms with Crippen LogP contribution in [0.2, 0.25) is 0 Å². The van der Waals surface area contributed by atoms with E-state index in [2.05, 4.69) is 10.3 Å². The molecule has 2 amide bonds. The lowest BCUT2D eigenvalue weighted by atomic mass is 10.1. The normalized spacial score (nSPS) is 12.9. The van der Waals surface area contributed by atoms with Crippen LogP contribution in [-0.2, 0) is 4.74 Å². The summed E-state index contributed by atoms with van der Waals surface area (Å²) in [6, 6.07) is 18.2. The lowest BCUT2D eigenvalue weighted by Crippen LogP contribution is -2.33. The zero-order valence-corrected chi connectivity index (χ0v) is 18.0. The number of aromatic nitrogens is 1. The predicted octanol–water partition coefficient (Wildman–Crippen LogP) is 4.84. The molecule has 0 saturated carbocycles. The molecule has 0 radical (unpaired) electrons. The van der Waals surface area contributed by atoms with Crippen LogP contribution in [0.15, 0.2) is 81.3 Å². The molecule has 32 heavy (non-hydrogen) atoms. The molecule has 5 rings (SSSR count). The summed E-state index contributed by atoms with van der Waals surface area (Å²) in [5, 5.41) is 2.94. The molecule has 1 aromatic heterocycles. The van der Waals surface area contributed by atoms with Gasteiger partial charge in [0.15, 0.2) is 12.0 Å². The van der Waals surface area contributed by atoms with E-state index < -0.39 is 0 Å². The molecule has 0 spiro atoms. The fourth-order valence-corrected chi connectivity index (χ4v) is 4.73. The van der Waals surface area contributed by atoms with Crippen LogP contribution < -0.4 is 10.2 Å². The molecule has 1 aliphatic rings. The number of ether oxygens (including phenoxy) is 1. The van der Waals surface area contributed by atoms with Gasteiger partial charge in [0.05, 0.1) is 17.9 Å². The number of hydrogen-bond donors (Lipinski definition) is 1. The van der Waals surface area contributed by atoms with Crippen LogP contribution in [0.1, 0.15) is 20.7 Å². The van der Waals surface area contributed by atoms with Crippen molar-refractivity contribution >= 4 is 46.1 Å². The third kappa shape index (κ3) is 3.74. The Morgan fingerprint density at radius 3 is 2.88 bits per heavy atom. The average molecular weight is 446 g/mol. The van der Waals surface area contributed by atoms with Gasteiger partial charge < -0.3 is 19.4 Å². The Morgan fingerprint density at radius 2 is 2.00 bits per heavy atom. The Morgan fingerprint density at radius 1 is 1.12 bits per heavy atom. The van der Waals surface area contributed by atoms with Gasteiger partial charge in [-0.3, -0.25) is 9.59 Å². The molecule has 0 unspecified atom stereocenters. The van der Waals surface area contributed by atoms with Gasteiger partial charge in [0, 0.05) is 34.7 Å². The van der Waals surface area contributed by atoms with Crippen LogP contribution >= 0.6 is 11.8 Å². The summed E-state index contributed by atoms with van der Waals surface area (Å²) in [6.45, 7) is 0.849. The number of oxazole rings is 1. The molecule has 0 bridgehead atoms. The second-order valence-corrected chi connectivity index (χ2v) is 8.30. The lowest BCUT2D eigenvalue weighted by Gasteiger charge is -2.23. The third-order valence-corrected chi connectivity index (χ3v) is 6.33. The summed E-state index contributed by atoms with van der Waals surface area (Å²) in [5.74, 6) is -0.317. The van der Waals surface area contributed by atoms with Crippen molar-refractivity contribution in [2.24, 2.45) is 0 Å². The second-order valence-electron chi connectivity index (χ2n) is 7.22. The zero-order valence-electron chi connectivity index (χ0n) is 17.2. The van der Waals surface area contributed by atoms with E-state index in [9.17, 15) is 9.59 Å². The molecule has 0 aliphatic carbocycles. The van der Waals surface area contributed by atoms with Gasteiger partial charge in [-0.15, -0.1) is 0 Å². The Bertz CT molecular complexity index is 1330. The highest BCUT2D eigenvalue weighted by Crippen LogP contribution is 2.42. The minimum atomic E-state index is -0.249. The lowest BCUT2D eigenvalue weighted by molar-refractivity contribution is 0.0972. The maximum atomic E-state index is 13.2. The van der Waals surface area contributed by atoms with Crippen molar-refractivity contribution in [2.45, 2.75) is 9.79 Å². The minimum absolute atomic E-state index is 0.0680. The van der Waals surface area contributed by atoms with Crippen LogP contribution in [-0.4, -0.2) is 37.1 Å². The molecule has 3 aromatic carbocycles. The van der Waals surface area contributed by atoms with Crippen LogP contribution in [0, 0.1) is 0 Å². The SMILES string of the molecule is COCCN1C(=O)c2ccccc2Sc2cc(NC(=O)c3ccc4ocnc4c3)ccc21. The highest BCUT2D eigenvalue weighted by Gasteiger charge is 2.27. The summed E-state index contributed by atoms with van der Waals surface area (Å²) in [5.41, 5.74) is 3.81. The maximum absolute atomic E-state index is 13.2. The Labute approximate surface area is 188 Å². The molecule has 0 atom stereocenters. The molecule has 1 N–H and O–H groups in total. The number of rotatable bonds is 5. The van der Waals surface area contributed by atoms with Crippen LogP contribution in [0.4, 0.5) is 11.4 Å². The Balaban J connectivity index is 1.47. The van der Waals surface area contributed by atoms with E-state index in [4.69, 9.17) is 9.15 Å². The number of benzene rings is 3. The number of anilines is 2. The van der Waals surface area contributed by atoms with Gasteiger partial charge in [0.25, 0.3) is 11.8 Å². The van der Waals surface area contributed by atoms with Crippen molar-refractivity contribution in [1.29, 1.82) is 0 Å². The highest BCUT2D eigenvalue weighted by molar-refractivity contribution is 7.99. The number of methoxy groups -OCH3 is 1. The second kappa shape index (κ2) is 8.49. The predicted molar refractivity (Wildman–Crippen MR) is 123 cm³/mol. The summed E-state index contributed by atoms with van der Waals surface area (Å²) >= 11 is 1.51. The van der Waals surface area contributed by atoms with E-state index in [1.807, 2.05) is 36.4 Å². The number of carbonyl (C=O) groups is 2. The van der Waals surface area contributed by atoms with Crippen molar-refractivity contribution in [3.63, 3.8) is 0 Å². The van der Waals surface area contributed by atoms with E-state index in [1.165, 1.54) is 18.2 Å². The summed E-state index contributed by atoms with van der Waals surface area (Å²) < 4.78 is 10.5. The first-order valence-corrected chi connectivity index (χ1v) is 10.8. The van der Waals surface area contributed by atoms with E-state index in [0.29, 0.717) is 41.1 Å². The summed E-state index contributed by atoms with van der Waals surface area (Å²) in [4.78, 5) is 33.6. The summed E-state index contributed by atoms with van der Waals surface area (Å²) in [6.07, 6.45) is 1.35. The van der Waals surface area contributed by atoms with Crippen LogP contribution in [0.3, 0.4) is 0 Å². The Kier molecular flexibility index (Phi) is 5.38. The molecule has 0 fully saturated rings. The van der Waals surface area contributed by atoms with Gasteiger partial charge in [-0.2, -0.15) is 0 Å². The molecular formula is C24H19N3O4S. The molecule has 160 valence electrons. The first-order chi connectivity index (χ1) is 15.6. The molecule has 8 heteroatoms. The Hall–Kier alpha value is -3.62. The van der Waals surface area contributed by atoms with Crippen LogP contribution in [0.25, 0.3) is 11.1 Å². The molecule has 7 nitrogen and oxygen atoms in total. The smallest absolute Gasteiger partial charge is 0.259 e. The fourth-order valence-electron chi connectivity index (χ4n) is 3.61. The zero-order chi connectivity index (χ0) is 22.1. The van der Waals surface area contributed by atoms with Gasteiger partial charge >= 0.3 is 0 Å². The molecular weight excluding hydrogens is 426 g/mol. The molecule has 0 saturated heterocycles. The number of carbonyl (C=O) groups excluding carboxylic acids is 2. The topological polar surface area (TPSA) is 84.7 Å². The van der Waals surface area contributed by atoms with Crippen molar-refractivity contribution in [1.82, 2.24) is 4.98 Å². The quantitative estimate of drug-likeness (QED) is 0.473. The average Bonchev–Trinajstić information content (AvgIpc) is 3.24. The van der Waals surface area contributed by atoms with Gasteiger partial charge in [-0.25, -0.2) is 4.98 Å². The third-order valence-electron chi connectivity index (χ3n) is 5.20. The largest absolute Gasteiger partial charge is 0.443 e. The minimum Gasteiger partial charge on any atom is -0.443 e. The number of amides is 2. The maximum Gasteiger partial charge on any atom is 0.259 e. The number of nitrogens with zero attached hydrogens (tertiary/aromatic N) is 2. The van der Waals surface area contributed by atoms with Crippen molar-refractivity contribution in [3.8, 4) is 0 Å². The number of nitrogens with one attached hydrogen (secondary N) is 1. The monoisotopic (exact) mass is 445 g/mol. The molecule has 1 aliphatic heterocycles. The van der Waals surface area contributed by atoms with Crippen molar-refractivity contribution in [2.75, 3.05) is 30.5 Å². The standard InChI is InChI=1S/C24H19N3O4S/c1-30-11-10-27-19-8-7-16(13-22(19)32-21-5-3-2-4-17(21)24(27)29)26-23(28)15-6-9-20-18(12-15)25-14-31-20/h2-9,12-14H,10-11H2,1H3,(H,26,28). The molecule has 2 heterocycles. The number of fused-ring (bicyclic) bond motifs is 3. The van der Waals surface area contributed by atoms with Gasteiger partial charge in [0.2, 0.25) is 0 Å². The first-order valence-electron chi connectivity index (χ1n) is 10.0. The van der Waals surface area contributed by atoms with Crippen molar-refractivity contribution in [3.05, 3.63) is 78.2 Å². The van der Waals surface area contributed by atoms with E-state index >= 15 is 0 Å².